The molecule has 168 valence electrons. The highest BCUT2D eigenvalue weighted by Gasteiger charge is 2.31. The lowest BCUT2D eigenvalue weighted by atomic mass is 9.94. The van der Waals surface area contributed by atoms with Crippen molar-refractivity contribution in [2.45, 2.75) is 51.3 Å². The summed E-state index contributed by atoms with van der Waals surface area (Å²) in [6, 6.07) is 6.37. The molecule has 30 heavy (non-hydrogen) atoms. The Labute approximate surface area is 182 Å². The first-order valence-corrected chi connectivity index (χ1v) is 12.9. The predicted molar refractivity (Wildman–Crippen MR) is 119 cm³/mol. The summed E-state index contributed by atoms with van der Waals surface area (Å²) in [5.41, 5.74) is 0.508. The number of piperidine rings is 2. The summed E-state index contributed by atoms with van der Waals surface area (Å²) >= 11 is 0. The van der Waals surface area contributed by atoms with Gasteiger partial charge in [0.05, 0.1) is 24.5 Å². The van der Waals surface area contributed by atoms with Gasteiger partial charge in [-0.05, 0) is 61.3 Å². The van der Waals surface area contributed by atoms with Crippen LogP contribution in [0, 0.1) is 17.8 Å². The zero-order valence-electron chi connectivity index (χ0n) is 18.7. The van der Waals surface area contributed by atoms with Crippen LogP contribution in [-0.4, -0.2) is 57.9 Å². The number of hydrogen-bond acceptors (Lipinski definition) is 3. The van der Waals surface area contributed by atoms with Gasteiger partial charge >= 0.3 is 0 Å². The normalized spacial score (nSPS) is 28.2. The summed E-state index contributed by atoms with van der Waals surface area (Å²) in [7, 11) is -3.51. The monoisotopic (exact) mass is 436 g/mol. The zero-order chi connectivity index (χ0) is 21.7. The van der Waals surface area contributed by atoms with Gasteiger partial charge in [0.15, 0.2) is 0 Å². The Morgan fingerprint density at radius 2 is 1.63 bits per heavy atom. The van der Waals surface area contributed by atoms with Crippen LogP contribution in [-0.2, 0) is 10.0 Å². The van der Waals surface area contributed by atoms with Crippen LogP contribution in [0.2, 0.25) is 0 Å². The molecular weight excluding hydrogens is 398 g/mol. The summed E-state index contributed by atoms with van der Waals surface area (Å²) in [5, 5.41) is 2.97. The van der Waals surface area contributed by atoms with E-state index in [2.05, 4.69) is 26.1 Å². The van der Waals surface area contributed by atoms with Crippen LogP contribution in [0.15, 0.2) is 29.2 Å². The second-order valence-corrected chi connectivity index (χ2v) is 11.5. The lowest BCUT2D eigenvalue weighted by Gasteiger charge is -2.34. The van der Waals surface area contributed by atoms with Gasteiger partial charge in [0.1, 0.15) is 0 Å². The fourth-order valence-electron chi connectivity index (χ4n) is 4.79. The van der Waals surface area contributed by atoms with Crippen LogP contribution in [0.3, 0.4) is 0 Å². The van der Waals surface area contributed by atoms with Crippen LogP contribution in [0.25, 0.3) is 0 Å². The van der Waals surface area contributed by atoms with Crippen LogP contribution >= 0.6 is 0 Å². The van der Waals surface area contributed by atoms with Crippen molar-refractivity contribution in [1.82, 2.24) is 9.62 Å². The fraction of sp³-hybridized carbons (Fsp3) is 0.696. The minimum Gasteiger partial charge on any atom is -0.352 e. The lowest BCUT2D eigenvalue weighted by Crippen LogP contribution is -3.13. The van der Waals surface area contributed by atoms with Gasteiger partial charge in [-0.1, -0.05) is 20.8 Å². The van der Waals surface area contributed by atoms with Crippen LogP contribution in [0.4, 0.5) is 0 Å². The number of amides is 1. The largest absolute Gasteiger partial charge is 0.352 e. The number of carbonyl (C=O) groups excluding carboxylic acids is 1. The average Bonchev–Trinajstić information content (AvgIpc) is 2.71. The van der Waals surface area contributed by atoms with Crippen molar-refractivity contribution in [2.24, 2.45) is 17.8 Å². The van der Waals surface area contributed by atoms with Crippen LogP contribution in [0.1, 0.15) is 56.8 Å². The molecule has 2 heterocycles. The number of benzene rings is 1. The maximum atomic E-state index is 13.0. The summed E-state index contributed by atoms with van der Waals surface area (Å²) in [5.74, 6) is 1.44. The minimum atomic E-state index is -3.51. The van der Waals surface area contributed by atoms with E-state index in [9.17, 15) is 13.2 Å². The zero-order valence-corrected chi connectivity index (χ0v) is 19.5. The Hall–Kier alpha value is -1.44. The van der Waals surface area contributed by atoms with Crippen molar-refractivity contribution in [2.75, 3.05) is 39.3 Å². The van der Waals surface area contributed by atoms with Gasteiger partial charge in [-0.3, -0.25) is 4.79 Å². The quantitative estimate of drug-likeness (QED) is 0.640. The summed E-state index contributed by atoms with van der Waals surface area (Å²) in [6.07, 6.45) is 4.62. The predicted octanol–water partition coefficient (Wildman–Crippen LogP) is 1.79. The molecule has 2 N–H and O–H groups in total. The molecule has 2 atom stereocenters. The van der Waals surface area contributed by atoms with E-state index in [1.807, 2.05) is 0 Å². The standard InChI is InChI=1S/C23H37N3O3S/c1-18-9-13-25(14-10-18)12-4-11-24-23(27)21-5-7-22(8-6-21)30(28,29)26-16-19(2)15-20(3)17-26/h5-8,18-20H,4,9-17H2,1-3H3,(H,24,27)/p+1/t19-,20+. The Bertz CT molecular complexity index is 791. The van der Waals surface area contributed by atoms with Crippen molar-refractivity contribution in [3.8, 4) is 0 Å². The number of nitrogens with zero attached hydrogens (tertiary/aromatic N) is 1. The molecule has 0 radical (unpaired) electrons. The number of rotatable bonds is 7. The molecule has 7 heteroatoms. The SMILES string of the molecule is CC1CC[NH+](CCCNC(=O)c2ccc(S(=O)(=O)N3C[C@H](C)C[C@H](C)C3)cc2)CC1. The topological polar surface area (TPSA) is 70.9 Å². The van der Waals surface area contributed by atoms with Crippen molar-refractivity contribution in [1.29, 1.82) is 0 Å². The smallest absolute Gasteiger partial charge is 0.251 e. The van der Waals surface area contributed by atoms with Crippen LogP contribution in [0.5, 0.6) is 0 Å². The number of likely N-dealkylation sites (tertiary alicyclic amines) is 1. The molecule has 0 aliphatic carbocycles. The highest BCUT2D eigenvalue weighted by molar-refractivity contribution is 7.89. The Kier molecular flexibility index (Phi) is 7.93. The Morgan fingerprint density at radius 1 is 1.03 bits per heavy atom. The maximum absolute atomic E-state index is 13.0. The van der Waals surface area contributed by atoms with E-state index in [0.717, 1.165) is 25.3 Å². The van der Waals surface area contributed by atoms with E-state index in [1.54, 1.807) is 33.5 Å². The minimum absolute atomic E-state index is 0.138. The highest BCUT2D eigenvalue weighted by Crippen LogP contribution is 2.26. The van der Waals surface area contributed by atoms with Gasteiger partial charge < -0.3 is 10.2 Å². The van der Waals surface area contributed by atoms with Crippen molar-refractivity contribution in [3.05, 3.63) is 29.8 Å². The molecule has 1 aromatic carbocycles. The van der Waals surface area contributed by atoms with Gasteiger partial charge in [0.25, 0.3) is 5.91 Å². The van der Waals surface area contributed by atoms with E-state index in [0.29, 0.717) is 37.0 Å². The number of quaternary nitrogens is 1. The molecule has 2 saturated heterocycles. The molecule has 0 spiro atoms. The lowest BCUT2D eigenvalue weighted by molar-refractivity contribution is -0.906. The van der Waals surface area contributed by atoms with Crippen LogP contribution < -0.4 is 10.2 Å². The first-order valence-electron chi connectivity index (χ1n) is 11.5. The van der Waals surface area contributed by atoms with Gasteiger partial charge in [0.2, 0.25) is 10.0 Å². The first-order chi connectivity index (χ1) is 14.3. The van der Waals surface area contributed by atoms with Gasteiger partial charge in [-0.2, -0.15) is 4.31 Å². The van der Waals surface area contributed by atoms with Gasteiger partial charge in [0, 0.05) is 31.6 Å². The molecule has 1 aromatic rings. The van der Waals surface area contributed by atoms with Gasteiger partial charge in [-0.25, -0.2) is 8.42 Å². The molecule has 0 saturated carbocycles. The molecule has 2 fully saturated rings. The molecule has 0 unspecified atom stereocenters. The second-order valence-electron chi connectivity index (χ2n) is 9.58. The van der Waals surface area contributed by atoms with Crippen molar-refractivity contribution < 1.29 is 18.1 Å². The summed E-state index contributed by atoms with van der Waals surface area (Å²) < 4.78 is 27.5. The third-order valence-corrected chi connectivity index (χ3v) is 8.41. The molecule has 2 aliphatic heterocycles. The van der Waals surface area contributed by atoms with E-state index in [4.69, 9.17) is 0 Å². The average molecular weight is 437 g/mol. The fourth-order valence-corrected chi connectivity index (χ4v) is 6.47. The van der Waals surface area contributed by atoms with E-state index >= 15 is 0 Å². The molecule has 6 nitrogen and oxygen atoms in total. The Morgan fingerprint density at radius 3 is 2.23 bits per heavy atom. The number of hydrogen-bond donors (Lipinski definition) is 2. The molecular formula is C23H38N3O3S+. The number of sulfonamides is 1. The second kappa shape index (κ2) is 10.2. The molecule has 2 aliphatic rings. The van der Waals surface area contributed by atoms with Crippen molar-refractivity contribution >= 4 is 15.9 Å². The summed E-state index contributed by atoms with van der Waals surface area (Å²) in [6.45, 7) is 11.9. The molecule has 1 amide bonds. The third-order valence-electron chi connectivity index (χ3n) is 6.56. The third kappa shape index (κ3) is 6.05. The van der Waals surface area contributed by atoms with E-state index in [1.165, 1.54) is 25.9 Å². The highest BCUT2D eigenvalue weighted by atomic mass is 32.2. The van der Waals surface area contributed by atoms with Gasteiger partial charge in [-0.15, -0.1) is 0 Å². The van der Waals surface area contributed by atoms with E-state index < -0.39 is 10.0 Å². The Balaban J connectivity index is 1.49. The summed E-state index contributed by atoms with van der Waals surface area (Å²) in [4.78, 5) is 14.3. The first kappa shape index (κ1) is 23.2. The number of nitrogens with one attached hydrogen (secondary N) is 2. The molecule has 3 rings (SSSR count). The van der Waals surface area contributed by atoms with Crippen molar-refractivity contribution in [3.63, 3.8) is 0 Å². The van der Waals surface area contributed by atoms with E-state index in [-0.39, 0.29) is 10.8 Å². The maximum Gasteiger partial charge on any atom is 0.251 e. The molecule has 0 aromatic heterocycles. The number of carbonyl (C=O) groups is 1. The molecule has 0 bridgehead atoms.